The molecule has 1 unspecified atom stereocenters. The molecule has 0 aromatic heterocycles. The van der Waals surface area contributed by atoms with Gasteiger partial charge >= 0.3 is 0 Å². The van der Waals surface area contributed by atoms with E-state index in [9.17, 15) is 0 Å². The van der Waals surface area contributed by atoms with Crippen molar-refractivity contribution >= 4 is 11.6 Å². The van der Waals surface area contributed by atoms with Crippen LogP contribution in [-0.4, -0.2) is 12.6 Å². The molecule has 0 amide bonds. The van der Waals surface area contributed by atoms with Gasteiger partial charge in [0.2, 0.25) is 0 Å². The smallest absolute Gasteiger partial charge is 0.0310 e. The highest BCUT2D eigenvalue weighted by Gasteiger charge is 2.08. The first-order valence-electron chi connectivity index (χ1n) is 4.14. The molecule has 0 saturated heterocycles. The average molecular weight is 176 g/mol. The minimum Gasteiger partial charge on any atom is -0.309 e. The fourth-order valence-electron chi connectivity index (χ4n) is 1.09. The second-order valence-electron chi connectivity index (χ2n) is 3.16. The molecule has 0 aliphatic heterocycles. The molecule has 0 aromatic rings. The van der Waals surface area contributed by atoms with Crippen molar-refractivity contribution in [1.29, 1.82) is 0 Å². The molecular formula is C9H18ClN. The minimum absolute atomic E-state index is 0.561. The summed E-state index contributed by atoms with van der Waals surface area (Å²) in [4.78, 5) is 0. The van der Waals surface area contributed by atoms with Crippen LogP contribution in [0.15, 0.2) is 11.6 Å². The van der Waals surface area contributed by atoms with Gasteiger partial charge in [0, 0.05) is 17.6 Å². The number of halogens is 1. The van der Waals surface area contributed by atoms with Gasteiger partial charge in [-0.15, -0.1) is 0 Å². The molecule has 0 radical (unpaired) electrons. The molecule has 0 rings (SSSR count). The molecular weight excluding hydrogens is 158 g/mol. The van der Waals surface area contributed by atoms with Gasteiger partial charge in [0.05, 0.1) is 0 Å². The van der Waals surface area contributed by atoms with Crippen molar-refractivity contribution in [3.8, 4) is 0 Å². The summed E-state index contributed by atoms with van der Waals surface area (Å²) < 4.78 is 0. The normalized spacial score (nSPS) is 13.5. The predicted octanol–water partition coefficient (Wildman–Crippen LogP) is 2.76. The maximum absolute atomic E-state index is 5.63. The summed E-state index contributed by atoms with van der Waals surface area (Å²) in [6.07, 6.45) is 1.14. The van der Waals surface area contributed by atoms with Crippen LogP contribution in [0.25, 0.3) is 0 Å². The second-order valence-corrected chi connectivity index (χ2v) is 3.69. The summed E-state index contributed by atoms with van der Waals surface area (Å²) in [7, 11) is 0. The van der Waals surface area contributed by atoms with Crippen molar-refractivity contribution in [1.82, 2.24) is 5.32 Å². The van der Waals surface area contributed by atoms with Crippen molar-refractivity contribution in [3.63, 3.8) is 0 Å². The minimum atomic E-state index is 0.561. The van der Waals surface area contributed by atoms with Gasteiger partial charge in [-0.05, 0) is 12.3 Å². The maximum Gasteiger partial charge on any atom is 0.0310 e. The lowest BCUT2D eigenvalue weighted by molar-refractivity contribution is 0.403. The van der Waals surface area contributed by atoms with E-state index in [2.05, 4.69) is 32.7 Å². The van der Waals surface area contributed by atoms with Crippen LogP contribution in [0.5, 0.6) is 0 Å². The molecule has 1 atom stereocenters. The Balaban J connectivity index is 3.61. The molecule has 0 fully saturated rings. The highest BCUT2D eigenvalue weighted by atomic mass is 35.5. The molecule has 0 heterocycles. The fraction of sp³-hybridized carbons (Fsp3) is 0.778. The molecule has 2 heteroatoms. The van der Waals surface area contributed by atoms with E-state index in [4.69, 9.17) is 11.6 Å². The Bertz CT molecular complexity index is 121. The Morgan fingerprint density at radius 2 is 2.09 bits per heavy atom. The highest BCUT2D eigenvalue weighted by molar-refractivity contribution is 6.29. The molecule has 11 heavy (non-hydrogen) atoms. The third-order valence-electron chi connectivity index (χ3n) is 1.80. The molecule has 1 N–H and O–H groups in total. The predicted molar refractivity (Wildman–Crippen MR) is 51.9 cm³/mol. The van der Waals surface area contributed by atoms with E-state index in [0.717, 1.165) is 13.0 Å². The quantitative estimate of drug-likeness (QED) is 0.678. The largest absolute Gasteiger partial charge is 0.309 e. The van der Waals surface area contributed by atoms with Crippen molar-refractivity contribution < 1.29 is 0 Å². The van der Waals surface area contributed by atoms with Gasteiger partial charge in [0.15, 0.2) is 0 Å². The first-order valence-corrected chi connectivity index (χ1v) is 4.52. The third kappa shape index (κ3) is 5.28. The summed E-state index contributed by atoms with van der Waals surface area (Å²) in [6.45, 7) is 10.9. The Morgan fingerprint density at radius 3 is 2.36 bits per heavy atom. The molecule has 0 spiro atoms. The summed E-state index contributed by atoms with van der Waals surface area (Å²) >= 11 is 5.63. The number of nitrogens with one attached hydrogen (secondary N) is 1. The lowest BCUT2D eigenvalue weighted by Crippen LogP contribution is -2.33. The fourth-order valence-corrected chi connectivity index (χ4v) is 1.17. The first kappa shape index (κ1) is 11.0. The van der Waals surface area contributed by atoms with Gasteiger partial charge in [0.1, 0.15) is 0 Å². The van der Waals surface area contributed by atoms with Crippen LogP contribution in [0.4, 0.5) is 0 Å². The zero-order valence-corrected chi connectivity index (χ0v) is 8.41. The van der Waals surface area contributed by atoms with E-state index >= 15 is 0 Å². The molecule has 0 aromatic carbocycles. The Hall–Kier alpha value is -0.0100. The number of hydrogen-bond acceptors (Lipinski definition) is 1. The van der Waals surface area contributed by atoms with Crippen molar-refractivity contribution in [3.05, 3.63) is 11.6 Å². The van der Waals surface area contributed by atoms with Gasteiger partial charge in [-0.3, -0.25) is 0 Å². The molecule has 0 aliphatic carbocycles. The van der Waals surface area contributed by atoms with Crippen LogP contribution in [0.1, 0.15) is 27.2 Å². The molecule has 0 saturated carbocycles. The summed E-state index contributed by atoms with van der Waals surface area (Å²) in [6, 6.07) is 0.561. The van der Waals surface area contributed by atoms with Crippen LogP contribution in [0.2, 0.25) is 0 Å². The van der Waals surface area contributed by atoms with Gasteiger partial charge in [-0.1, -0.05) is 39.0 Å². The Kier molecular flexibility index (Phi) is 5.61. The summed E-state index contributed by atoms with van der Waals surface area (Å²) in [5.41, 5.74) is 0. The Morgan fingerprint density at radius 1 is 1.55 bits per heavy atom. The van der Waals surface area contributed by atoms with Crippen LogP contribution >= 0.6 is 11.6 Å². The SMILES string of the molecule is C=C(Cl)CNC(CC)C(C)C. The third-order valence-corrected chi connectivity index (χ3v) is 1.93. The average Bonchev–Trinajstić information content (AvgIpc) is 1.87. The van der Waals surface area contributed by atoms with Gasteiger partial charge in [0.25, 0.3) is 0 Å². The zero-order chi connectivity index (χ0) is 8.85. The van der Waals surface area contributed by atoms with Gasteiger partial charge < -0.3 is 5.32 Å². The zero-order valence-electron chi connectivity index (χ0n) is 7.65. The van der Waals surface area contributed by atoms with Crippen molar-refractivity contribution in [2.75, 3.05) is 6.54 Å². The molecule has 1 nitrogen and oxygen atoms in total. The summed E-state index contributed by atoms with van der Waals surface area (Å²) in [5.74, 6) is 0.663. The second kappa shape index (κ2) is 5.62. The van der Waals surface area contributed by atoms with Crippen LogP contribution in [0, 0.1) is 5.92 Å². The van der Waals surface area contributed by atoms with Crippen molar-refractivity contribution in [2.24, 2.45) is 5.92 Å². The van der Waals surface area contributed by atoms with Gasteiger partial charge in [-0.25, -0.2) is 0 Å². The van der Waals surface area contributed by atoms with Crippen LogP contribution in [-0.2, 0) is 0 Å². The first-order chi connectivity index (χ1) is 5.07. The standard InChI is InChI=1S/C9H18ClN/c1-5-9(7(2)3)11-6-8(4)10/h7,9,11H,4-6H2,1-3H3. The topological polar surface area (TPSA) is 12.0 Å². The van der Waals surface area contributed by atoms with E-state index in [1.807, 2.05) is 0 Å². The van der Waals surface area contributed by atoms with E-state index in [1.54, 1.807) is 0 Å². The highest BCUT2D eigenvalue weighted by Crippen LogP contribution is 2.06. The molecule has 0 aliphatic rings. The summed E-state index contributed by atoms with van der Waals surface area (Å²) in [5, 5.41) is 4.02. The maximum atomic E-state index is 5.63. The number of rotatable bonds is 5. The lowest BCUT2D eigenvalue weighted by Gasteiger charge is -2.20. The lowest BCUT2D eigenvalue weighted by atomic mass is 10.0. The molecule has 66 valence electrons. The van der Waals surface area contributed by atoms with Crippen LogP contribution in [0.3, 0.4) is 0 Å². The molecule has 0 bridgehead atoms. The van der Waals surface area contributed by atoms with E-state index in [-0.39, 0.29) is 0 Å². The van der Waals surface area contributed by atoms with E-state index < -0.39 is 0 Å². The Labute approximate surface area is 74.8 Å². The van der Waals surface area contributed by atoms with Crippen LogP contribution < -0.4 is 5.32 Å². The van der Waals surface area contributed by atoms with Gasteiger partial charge in [-0.2, -0.15) is 0 Å². The van der Waals surface area contributed by atoms with Crippen molar-refractivity contribution in [2.45, 2.75) is 33.2 Å². The monoisotopic (exact) mass is 175 g/mol. The number of hydrogen-bond donors (Lipinski definition) is 1. The van der Waals surface area contributed by atoms with E-state index in [0.29, 0.717) is 17.0 Å². The van der Waals surface area contributed by atoms with E-state index in [1.165, 1.54) is 0 Å².